The fourth-order valence-electron chi connectivity index (χ4n) is 7.13. The SMILES string of the molecule is CCC/C=C\C/C=C\CCCCCCCC(=O)OC(COC(=O)CCCCCCC/C=C\C/C=C\CCCCC)COP(=O)(O)OCC(CO)OC(=O)CCCCCCCCCCCCC. The fraction of sp³-hybridized carbons (Fsp3) is 0.796. The maximum Gasteiger partial charge on any atom is 0.472 e. The van der Waals surface area contributed by atoms with Gasteiger partial charge in [0.15, 0.2) is 6.10 Å². The highest BCUT2D eigenvalue weighted by Crippen LogP contribution is 2.43. The Kier molecular flexibility index (Phi) is 47.0. The Balaban J connectivity index is 4.77. The largest absolute Gasteiger partial charge is 0.472 e. The van der Waals surface area contributed by atoms with E-state index in [1.54, 1.807) is 0 Å². The standard InChI is InChI=1S/C54H97O11P/c1-4-7-10-13-16-19-22-24-25-27-29-31-34-37-40-43-52(56)61-47-51(65-54(58)45-42-39-36-33-30-26-23-20-17-14-11-8-5-2)49-63-66(59,60)62-48-50(46-55)64-53(57)44-41-38-35-32-28-21-18-15-12-9-6-3/h11,14,16,19-20,23-25,50-51,55H,4-10,12-13,15,17-18,21-22,26-49H2,1-3H3,(H,59,60)/b14-11-,19-16-,23-20-,25-24-. The molecule has 0 aliphatic rings. The number of unbranched alkanes of at least 4 members (excludes halogenated alkanes) is 24. The average molecular weight is 953 g/mol. The fourth-order valence-corrected chi connectivity index (χ4v) is 7.91. The molecule has 0 saturated heterocycles. The van der Waals surface area contributed by atoms with Gasteiger partial charge in [-0.2, -0.15) is 0 Å². The van der Waals surface area contributed by atoms with E-state index in [1.165, 1.54) is 64.2 Å². The Bertz CT molecular complexity index is 1300. The van der Waals surface area contributed by atoms with E-state index < -0.39 is 57.8 Å². The monoisotopic (exact) mass is 953 g/mol. The molecule has 0 rings (SSSR count). The van der Waals surface area contributed by atoms with Crippen molar-refractivity contribution in [2.45, 2.75) is 251 Å². The lowest BCUT2D eigenvalue weighted by atomic mass is 10.1. The van der Waals surface area contributed by atoms with Crippen LogP contribution < -0.4 is 0 Å². The summed E-state index contributed by atoms with van der Waals surface area (Å²) in [6.45, 7) is 4.51. The normalized spacial score (nSPS) is 13.8. The van der Waals surface area contributed by atoms with E-state index in [1.807, 2.05) is 0 Å². The molecule has 0 heterocycles. The lowest BCUT2D eigenvalue weighted by Crippen LogP contribution is -2.30. The van der Waals surface area contributed by atoms with Gasteiger partial charge in [-0.05, 0) is 77.0 Å². The molecule has 0 aromatic rings. The predicted octanol–water partition coefficient (Wildman–Crippen LogP) is 15.0. The van der Waals surface area contributed by atoms with Gasteiger partial charge in [0.1, 0.15) is 12.7 Å². The summed E-state index contributed by atoms with van der Waals surface area (Å²) < 4.78 is 39.3. The Morgan fingerprint density at radius 3 is 1.21 bits per heavy atom. The second kappa shape index (κ2) is 48.9. The number of carbonyl (C=O) groups is 3. The van der Waals surface area contributed by atoms with Crippen LogP contribution in [-0.4, -0.2) is 66.5 Å². The molecule has 0 aromatic heterocycles. The van der Waals surface area contributed by atoms with E-state index in [2.05, 4.69) is 69.4 Å². The molecule has 384 valence electrons. The minimum atomic E-state index is -4.74. The number of phosphoric ester groups is 1. The highest BCUT2D eigenvalue weighted by Gasteiger charge is 2.28. The molecule has 0 amide bonds. The number of rotatable bonds is 49. The smallest absolute Gasteiger partial charge is 0.462 e. The first kappa shape index (κ1) is 63.4. The molecule has 0 bridgehead atoms. The van der Waals surface area contributed by atoms with E-state index >= 15 is 0 Å². The van der Waals surface area contributed by atoms with Crippen LogP contribution in [0, 0.1) is 0 Å². The summed E-state index contributed by atoms with van der Waals surface area (Å²) in [5.74, 6) is -1.49. The summed E-state index contributed by atoms with van der Waals surface area (Å²) in [7, 11) is -4.74. The van der Waals surface area contributed by atoms with Crippen molar-refractivity contribution in [2.24, 2.45) is 0 Å². The van der Waals surface area contributed by atoms with Gasteiger partial charge in [-0.25, -0.2) is 4.57 Å². The van der Waals surface area contributed by atoms with Crippen LogP contribution in [0.3, 0.4) is 0 Å². The summed E-state index contributed by atoms with van der Waals surface area (Å²) in [5.41, 5.74) is 0. The molecule has 0 radical (unpaired) electrons. The molecular formula is C54H97O11P. The highest BCUT2D eigenvalue weighted by molar-refractivity contribution is 7.47. The number of hydrogen-bond acceptors (Lipinski definition) is 10. The van der Waals surface area contributed by atoms with Gasteiger partial charge in [0.05, 0.1) is 19.8 Å². The van der Waals surface area contributed by atoms with Gasteiger partial charge in [-0.15, -0.1) is 0 Å². The van der Waals surface area contributed by atoms with Crippen molar-refractivity contribution in [3.63, 3.8) is 0 Å². The second-order valence-corrected chi connectivity index (χ2v) is 19.1. The Morgan fingerprint density at radius 1 is 0.424 bits per heavy atom. The zero-order chi connectivity index (χ0) is 48.4. The van der Waals surface area contributed by atoms with Gasteiger partial charge in [0.25, 0.3) is 0 Å². The molecule has 66 heavy (non-hydrogen) atoms. The molecule has 2 N–H and O–H groups in total. The molecule has 0 aliphatic heterocycles. The van der Waals surface area contributed by atoms with Gasteiger partial charge in [0, 0.05) is 19.3 Å². The van der Waals surface area contributed by atoms with Crippen LogP contribution in [0.1, 0.15) is 239 Å². The van der Waals surface area contributed by atoms with Crippen molar-refractivity contribution >= 4 is 25.7 Å². The van der Waals surface area contributed by atoms with E-state index in [0.29, 0.717) is 19.3 Å². The molecule has 0 fully saturated rings. The highest BCUT2D eigenvalue weighted by atomic mass is 31.2. The molecular weight excluding hydrogens is 856 g/mol. The Morgan fingerprint density at radius 2 is 0.773 bits per heavy atom. The average Bonchev–Trinajstić information content (AvgIpc) is 3.30. The first-order valence-corrected chi connectivity index (χ1v) is 28.0. The van der Waals surface area contributed by atoms with Gasteiger partial charge in [-0.3, -0.25) is 23.4 Å². The minimum absolute atomic E-state index is 0.149. The summed E-state index contributed by atoms with van der Waals surface area (Å²) >= 11 is 0. The van der Waals surface area contributed by atoms with Gasteiger partial charge in [-0.1, -0.05) is 191 Å². The number of aliphatic hydroxyl groups excluding tert-OH is 1. The third kappa shape index (κ3) is 46.5. The van der Waals surface area contributed by atoms with Crippen LogP contribution in [0.5, 0.6) is 0 Å². The van der Waals surface area contributed by atoms with Crippen molar-refractivity contribution in [3.05, 3.63) is 48.6 Å². The molecule has 3 atom stereocenters. The minimum Gasteiger partial charge on any atom is -0.462 e. The summed E-state index contributed by atoms with van der Waals surface area (Å²) in [4.78, 5) is 48.3. The Labute approximate surface area is 403 Å². The number of hydrogen-bond donors (Lipinski definition) is 2. The van der Waals surface area contributed by atoms with Crippen LogP contribution in [0.15, 0.2) is 48.6 Å². The topological polar surface area (TPSA) is 155 Å². The lowest BCUT2D eigenvalue weighted by Gasteiger charge is -2.21. The van der Waals surface area contributed by atoms with Crippen molar-refractivity contribution in [1.82, 2.24) is 0 Å². The van der Waals surface area contributed by atoms with Crippen LogP contribution >= 0.6 is 7.82 Å². The first-order valence-electron chi connectivity index (χ1n) is 26.5. The van der Waals surface area contributed by atoms with E-state index in [-0.39, 0.29) is 25.9 Å². The number of esters is 3. The van der Waals surface area contributed by atoms with Crippen LogP contribution in [0.25, 0.3) is 0 Å². The summed E-state index contributed by atoms with van der Waals surface area (Å²) in [6, 6.07) is 0. The predicted molar refractivity (Wildman–Crippen MR) is 270 cm³/mol. The zero-order valence-electron chi connectivity index (χ0n) is 42.2. The zero-order valence-corrected chi connectivity index (χ0v) is 43.1. The lowest BCUT2D eigenvalue weighted by molar-refractivity contribution is -0.161. The van der Waals surface area contributed by atoms with Gasteiger partial charge < -0.3 is 24.2 Å². The molecule has 0 spiro atoms. The molecule has 12 heteroatoms. The summed E-state index contributed by atoms with van der Waals surface area (Å²) in [6.07, 6.45) is 49.3. The Hall–Kier alpha value is -2.56. The van der Waals surface area contributed by atoms with Crippen LogP contribution in [0.2, 0.25) is 0 Å². The maximum atomic E-state index is 12.8. The van der Waals surface area contributed by atoms with E-state index in [0.717, 1.165) is 116 Å². The molecule has 0 aromatic carbocycles. The second-order valence-electron chi connectivity index (χ2n) is 17.7. The number of aliphatic hydroxyl groups is 1. The number of phosphoric acid groups is 1. The molecule has 0 aliphatic carbocycles. The van der Waals surface area contributed by atoms with Crippen molar-refractivity contribution in [3.8, 4) is 0 Å². The first-order chi connectivity index (χ1) is 32.2. The molecule has 3 unspecified atom stereocenters. The summed E-state index contributed by atoms with van der Waals surface area (Å²) in [5, 5.41) is 9.76. The van der Waals surface area contributed by atoms with E-state index in [9.17, 15) is 28.9 Å². The van der Waals surface area contributed by atoms with E-state index in [4.69, 9.17) is 23.3 Å². The van der Waals surface area contributed by atoms with Crippen molar-refractivity contribution in [1.29, 1.82) is 0 Å². The molecule has 11 nitrogen and oxygen atoms in total. The number of allylic oxidation sites excluding steroid dienone is 8. The van der Waals surface area contributed by atoms with Crippen LogP contribution in [0.4, 0.5) is 0 Å². The van der Waals surface area contributed by atoms with Crippen molar-refractivity contribution < 1.29 is 52.2 Å². The third-order valence-corrected chi connectivity index (χ3v) is 12.2. The van der Waals surface area contributed by atoms with Crippen LogP contribution in [-0.2, 0) is 42.2 Å². The maximum absolute atomic E-state index is 12.8. The van der Waals surface area contributed by atoms with Crippen molar-refractivity contribution in [2.75, 3.05) is 26.4 Å². The number of carbonyl (C=O) groups excluding carboxylic acids is 3. The van der Waals surface area contributed by atoms with Gasteiger partial charge in [0.2, 0.25) is 0 Å². The quantitative estimate of drug-likeness (QED) is 0.0197. The molecule has 0 saturated carbocycles. The number of ether oxygens (including phenoxy) is 3. The van der Waals surface area contributed by atoms with Gasteiger partial charge >= 0.3 is 25.7 Å². The third-order valence-electron chi connectivity index (χ3n) is 11.2.